The highest BCUT2D eigenvalue weighted by Gasteiger charge is 2.28. The van der Waals surface area contributed by atoms with Crippen LogP contribution in [0.2, 0.25) is 0 Å². The third kappa shape index (κ3) is 7.79. The highest BCUT2D eigenvalue weighted by atomic mass is 16.4. The van der Waals surface area contributed by atoms with E-state index < -0.39 is 5.97 Å². The van der Waals surface area contributed by atoms with E-state index in [0.717, 1.165) is 58.5 Å². The summed E-state index contributed by atoms with van der Waals surface area (Å²) in [4.78, 5) is 16.1. The van der Waals surface area contributed by atoms with Crippen LogP contribution in [0.15, 0.2) is 0 Å². The molecule has 5 heteroatoms. The van der Waals surface area contributed by atoms with Crippen molar-refractivity contribution in [3.8, 4) is 0 Å². The second-order valence-corrected chi connectivity index (χ2v) is 5.94. The van der Waals surface area contributed by atoms with Crippen LogP contribution >= 0.6 is 0 Å². The van der Waals surface area contributed by atoms with Crippen LogP contribution in [-0.2, 0) is 4.79 Å². The molecule has 0 heterocycles. The maximum atomic E-state index is 11.3. The van der Waals surface area contributed by atoms with Crippen molar-refractivity contribution in [2.45, 2.75) is 58.5 Å². The fourth-order valence-electron chi connectivity index (χ4n) is 2.61. The Kier molecular flexibility index (Phi) is 8.88. The molecule has 1 fully saturated rings. The molecule has 5 nitrogen and oxygen atoms in total. The van der Waals surface area contributed by atoms with Gasteiger partial charge in [0, 0.05) is 12.6 Å². The number of nitrogens with one attached hydrogen (secondary N) is 1. The molecule has 0 aromatic rings. The number of carboxylic acid groups (broad SMARTS) is 1. The molecule has 0 saturated heterocycles. The van der Waals surface area contributed by atoms with Gasteiger partial charge in [-0.1, -0.05) is 20.8 Å². The predicted octanol–water partition coefficient (Wildman–Crippen LogP) is 1.64. The Morgan fingerprint density at radius 1 is 1.10 bits per heavy atom. The highest BCUT2D eigenvalue weighted by Crippen LogP contribution is 2.20. The summed E-state index contributed by atoms with van der Waals surface area (Å²) in [5.41, 5.74) is 0. The lowest BCUT2D eigenvalue weighted by atomic mass is 10.2. The SMILES string of the molecule is CCN(CC)CCCN(CC)CCC(NC1CC1)C(=O)O. The average Bonchev–Trinajstić information content (AvgIpc) is 3.29. The van der Waals surface area contributed by atoms with Crippen molar-refractivity contribution in [3.63, 3.8) is 0 Å². The fourth-order valence-corrected chi connectivity index (χ4v) is 2.61. The molecule has 1 rings (SSSR count). The van der Waals surface area contributed by atoms with Crippen LogP contribution in [0.25, 0.3) is 0 Å². The molecule has 0 spiro atoms. The fraction of sp³-hybridized carbons (Fsp3) is 0.938. The van der Waals surface area contributed by atoms with Gasteiger partial charge in [-0.2, -0.15) is 0 Å². The molecule has 0 aliphatic heterocycles. The van der Waals surface area contributed by atoms with Crippen molar-refractivity contribution in [1.82, 2.24) is 15.1 Å². The quantitative estimate of drug-likeness (QED) is 0.541. The maximum Gasteiger partial charge on any atom is 0.320 e. The topological polar surface area (TPSA) is 55.8 Å². The summed E-state index contributed by atoms with van der Waals surface area (Å²) in [6.45, 7) is 12.8. The molecule has 2 N–H and O–H groups in total. The largest absolute Gasteiger partial charge is 0.480 e. The smallest absolute Gasteiger partial charge is 0.320 e. The molecule has 21 heavy (non-hydrogen) atoms. The maximum absolute atomic E-state index is 11.3. The van der Waals surface area contributed by atoms with E-state index in [1.165, 1.54) is 0 Å². The van der Waals surface area contributed by atoms with E-state index in [4.69, 9.17) is 0 Å². The predicted molar refractivity (Wildman–Crippen MR) is 86.7 cm³/mol. The van der Waals surface area contributed by atoms with Crippen LogP contribution in [0, 0.1) is 0 Å². The molecule has 0 radical (unpaired) electrons. The van der Waals surface area contributed by atoms with Crippen molar-refractivity contribution in [2.75, 3.05) is 39.3 Å². The average molecular weight is 299 g/mol. The second-order valence-electron chi connectivity index (χ2n) is 5.94. The molecule has 1 atom stereocenters. The van der Waals surface area contributed by atoms with E-state index in [1.54, 1.807) is 0 Å². The Morgan fingerprint density at radius 2 is 1.67 bits per heavy atom. The molecule has 0 amide bonds. The highest BCUT2D eigenvalue weighted by molar-refractivity contribution is 5.73. The second kappa shape index (κ2) is 10.1. The number of hydrogen-bond donors (Lipinski definition) is 2. The first-order valence-electron chi connectivity index (χ1n) is 8.54. The minimum absolute atomic E-state index is 0.380. The molecule has 0 bridgehead atoms. The van der Waals surface area contributed by atoms with Gasteiger partial charge in [-0.3, -0.25) is 4.79 Å². The molecule has 1 aliphatic carbocycles. The summed E-state index contributed by atoms with van der Waals surface area (Å²) >= 11 is 0. The van der Waals surface area contributed by atoms with Gasteiger partial charge < -0.3 is 20.2 Å². The first-order chi connectivity index (χ1) is 10.1. The van der Waals surface area contributed by atoms with E-state index in [0.29, 0.717) is 12.5 Å². The number of rotatable bonds is 13. The van der Waals surface area contributed by atoms with Crippen molar-refractivity contribution in [3.05, 3.63) is 0 Å². The van der Waals surface area contributed by atoms with Crippen molar-refractivity contribution in [2.24, 2.45) is 0 Å². The lowest BCUT2D eigenvalue weighted by molar-refractivity contribution is -0.139. The summed E-state index contributed by atoms with van der Waals surface area (Å²) in [7, 11) is 0. The monoisotopic (exact) mass is 299 g/mol. The minimum Gasteiger partial charge on any atom is -0.480 e. The van der Waals surface area contributed by atoms with Crippen LogP contribution in [-0.4, -0.2) is 72.2 Å². The minimum atomic E-state index is -0.707. The van der Waals surface area contributed by atoms with Gasteiger partial charge in [0.15, 0.2) is 0 Å². The molecular weight excluding hydrogens is 266 g/mol. The first-order valence-corrected chi connectivity index (χ1v) is 8.54. The van der Waals surface area contributed by atoms with Gasteiger partial charge in [-0.15, -0.1) is 0 Å². The van der Waals surface area contributed by atoms with Gasteiger partial charge in [0.25, 0.3) is 0 Å². The van der Waals surface area contributed by atoms with E-state index in [9.17, 15) is 9.90 Å². The summed E-state index contributed by atoms with van der Waals surface area (Å²) in [5.74, 6) is -0.707. The van der Waals surface area contributed by atoms with Gasteiger partial charge in [-0.05, 0) is 58.4 Å². The number of aliphatic carboxylic acids is 1. The molecule has 1 aliphatic rings. The number of nitrogens with zero attached hydrogens (tertiary/aromatic N) is 2. The van der Waals surface area contributed by atoms with Crippen molar-refractivity contribution in [1.29, 1.82) is 0 Å². The van der Waals surface area contributed by atoms with Crippen LogP contribution in [0.5, 0.6) is 0 Å². The molecule has 0 aromatic heterocycles. The molecule has 1 unspecified atom stereocenters. The third-order valence-corrected chi connectivity index (χ3v) is 4.34. The Bertz CT molecular complexity index is 291. The van der Waals surface area contributed by atoms with E-state index in [1.807, 2.05) is 0 Å². The summed E-state index contributed by atoms with van der Waals surface area (Å²) in [5, 5.41) is 12.5. The van der Waals surface area contributed by atoms with E-state index in [2.05, 4.69) is 35.9 Å². The van der Waals surface area contributed by atoms with Crippen molar-refractivity contribution < 1.29 is 9.90 Å². The number of carbonyl (C=O) groups is 1. The Morgan fingerprint density at radius 3 is 2.14 bits per heavy atom. The molecule has 1 saturated carbocycles. The zero-order valence-corrected chi connectivity index (χ0v) is 14.0. The summed E-state index contributed by atoms with van der Waals surface area (Å²) in [6.07, 6.45) is 4.12. The molecule has 124 valence electrons. The van der Waals surface area contributed by atoms with Gasteiger partial charge in [0.05, 0.1) is 0 Å². The van der Waals surface area contributed by atoms with Crippen molar-refractivity contribution >= 4 is 5.97 Å². The van der Waals surface area contributed by atoms with E-state index >= 15 is 0 Å². The number of carboxylic acids is 1. The molecular formula is C16H33N3O2. The summed E-state index contributed by atoms with van der Waals surface area (Å²) < 4.78 is 0. The van der Waals surface area contributed by atoms with Gasteiger partial charge in [0.2, 0.25) is 0 Å². The Balaban J connectivity index is 2.23. The van der Waals surface area contributed by atoms with Crippen LogP contribution in [0.1, 0.15) is 46.5 Å². The summed E-state index contributed by atoms with van der Waals surface area (Å²) in [6, 6.07) is 0.0678. The van der Waals surface area contributed by atoms with Crippen LogP contribution in [0.4, 0.5) is 0 Å². The standard InChI is InChI=1S/C16H33N3O2/c1-4-18(5-2)11-7-12-19(6-3)13-10-15(16(20)21)17-14-8-9-14/h14-15,17H,4-13H2,1-3H3,(H,20,21). The lowest BCUT2D eigenvalue weighted by Crippen LogP contribution is -2.41. The van der Waals surface area contributed by atoms with Gasteiger partial charge in [-0.25, -0.2) is 0 Å². The normalized spacial score (nSPS) is 16.6. The zero-order valence-electron chi connectivity index (χ0n) is 14.0. The Hall–Kier alpha value is -0.650. The van der Waals surface area contributed by atoms with E-state index in [-0.39, 0.29) is 6.04 Å². The van der Waals surface area contributed by atoms with Gasteiger partial charge in [0.1, 0.15) is 6.04 Å². The van der Waals surface area contributed by atoms with Gasteiger partial charge >= 0.3 is 5.97 Å². The third-order valence-electron chi connectivity index (χ3n) is 4.34. The van der Waals surface area contributed by atoms with Crippen LogP contribution in [0.3, 0.4) is 0 Å². The first kappa shape index (κ1) is 18.4. The Labute approximate surface area is 129 Å². The lowest BCUT2D eigenvalue weighted by Gasteiger charge is -2.24. The molecule has 0 aromatic carbocycles. The van der Waals surface area contributed by atoms with Crippen LogP contribution < -0.4 is 5.32 Å². The number of hydrogen-bond acceptors (Lipinski definition) is 4. The zero-order chi connectivity index (χ0) is 15.7.